The van der Waals surface area contributed by atoms with Crippen molar-refractivity contribution in [3.8, 4) is 5.75 Å². The summed E-state index contributed by atoms with van der Waals surface area (Å²) in [5.74, 6) is 0.668. The summed E-state index contributed by atoms with van der Waals surface area (Å²) in [6.07, 6.45) is 1.71. The lowest BCUT2D eigenvalue weighted by atomic mass is 10.2. The first-order chi connectivity index (χ1) is 11.5. The lowest BCUT2D eigenvalue weighted by Crippen LogP contribution is -2.36. The summed E-state index contributed by atoms with van der Waals surface area (Å²) in [6, 6.07) is 6.76. The van der Waals surface area contributed by atoms with Crippen LogP contribution in [0.2, 0.25) is 0 Å². The van der Waals surface area contributed by atoms with Gasteiger partial charge >= 0.3 is 6.61 Å². The van der Waals surface area contributed by atoms with Crippen LogP contribution in [0.25, 0.3) is 0 Å². The molecule has 0 aliphatic carbocycles. The van der Waals surface area contributed by atoms with Crippen LogP contribution < -0.4 is 15.4 Å². The summed E-state index contributed by atoms with van der Waals surface area (Å²) in [5.41, 5.74) is 1.58. The van der Waals surface area contributed by atoms with Gasteiger partial charge in [-0.1, -0.05) is 15.9 Å². The number of aromatic nitrogens is 2. The summed E-state index contributed by atoms with van der Waals surface area (Å²) < 4.78 is 32.0. The maximum absolute atomic E-state index is 12.5. The van der Waals surface area contributed by atoms with Crippen LogP contribution in [0.5, 0.6) is 5.75 Å². The maximum Gasteiger partial charge on any atom is 0.387 e. The van der Waals surface area contributed by atoms with E-state index in [1.807, 2.05) is 13.1 Å². The van der Waals surface area contributed by atoms with Gasteiger partial charge in [0.15, 0.2) is 5.96 Å². The Hall–Kier alpha value is -2.16. The van der Waals surface area contributed by atoms with Crippen LogP contribution >= 0.6 is 15.9 Å². The van der Waals surface area contributed by atoms with E-state index in [9.17, 15) is 8.78 Å². The highest BCUT2D eigenvalue weighted by Gasteiger charge is 2.11. The number of benzene rings is 1. The Morgan fingerprint density at radius 2 is 2.08 bits per heavy atom. The second-order valence-electron chi connectivity index (χ2n) is 4.86. The van der Waals surface area contributed by atoms with Crippen LogP contribution in [0.1, 0.15) is 11.3 Å². The van der Waals surface area contributed by atoms with E-state index in [0.29, 0.717) is 18.1 Å². The third kappa shape index (κ3) is 5.19. The smallest absolute Gasteiger partial charge is 0.387 e. The number of aryl methyl sites for hydroxylation is 1. The van der Waals surface area contributed by atoms with Gasteiger partial charge in [-0.2, -0.15) is 13.9 Å². The zero-order valence-corrected chi connectivity index (χ0v) is 14.8. The quantitative estimate of drug-likeness (QED) is 0.576. The summed E-state index contributed by atoms with van der Waals surface area (Å²) in [5, 5.41) is 10.3. The molecule has 9 heteroatoms. The number of guanidine groups is 1. The number of hydrogen-bond donors (Lipinski definition) is 2. The SMILES string of the molecule is CN=C(NCc1cc(Br)ccc1OC(F)F)NCc1ccnn1C. The van der Waals surface area contributed by atoms with Gasteiger partial charge in [-0.05, 0) is 24.3 Å². The Labute approximate surface area is 147 Å². The van der Waals surface area contributed by atoms with Crippen LogP contribution in [-0.2, 0) is 20.1 Å². The molecule has 0 fully saturated rings. The fourth-order valence-electron chi connectivity index (χ4n) is 2.05. The molecule has 1 aromatic heterocycles. The third-order valence-electron chi connectivity index (χ3n) is 3.27. The molecule has 0 unspecified atom stereocenters. The zero-order chi connectivity index (χ0) is 17.5. The molecule has 0 atom stereocenters. The van der Waals surface area contributed by atoms with Gasteiger partial charge in [0.05, 0.1) is 12.2 Å². The second-order valence-corrected chi connectivity index (χ2v) is 5.77. The Morgan fingerprint density at radius 1 is 1.33 bits per heavy atom. The lowest BCUT2D eigenvalue weighted by molar-refractivity contribution is -0.0504. The molecular weight excluding hydrogens is 384 g/mol. The average Bonchev–Trinajstić information content (AvgIpc) is 2.94. The number of nitrogens with one attached hydrogen (secondary N) is 2. The van der Waals surface area contributed by atoms with Gasteiger partial charge in [0.25, 0.3) is 0 Å². The predicted molar refractivity (Wildman–Crippen MR) is 91.0 cm³/mol. The minimum Gasteiger partial charge on any atom is -0.434 e. The van der Waals surface area contributed by atoms with Crippen LogP contribution in [0.15, 0.2) is 39.9 Å². The highest BCUT2D eigenvalue weighted by Crippen LogP contribution is 2.24. The van der Waals surface area contributed by atoms with E-state index in [2.05, 4.69) is 41.4 Å². The molecule has 0 saturated carbocycles. The van der Waals surface area contributed by atoms with Crippen LogP contribution in [0.3, 0.4) is 0 Å². The molecule has 0 amide bonds. The molecule has 1 heterocycles. The average molecular weight is 402 g/mol. The van der Waals surface area contributed by atoms with Crippen molar-refractivity contribution in [2.75, 3.05) is 7.05 Å². The Morgan fingerprint density at radius 3 is 2.71 bits per heavy atom. The van der Waals surface area contributed by atoms with Gasteiger partial charge in [-0.25, -0.2) is 0 Å². The van der Waals surface area contributed by atoms with Gasteiger partial charge in [0.2, 0.25) is 0 Å². The second kappa shape index (κ2) is 8.62. The molecule has 6 nitrogen and oxygen atoms in total. The molecule has 24 heavy (non-hydrogen) atoms. The van der Waals surface area contributed by atoms with E-state index in [4.69, 9.17) is 0 Å². The van der Waals surface area contributed by atoms with Crippen molar-refractivity contribution in [2.24, 2.45) is 12.0 Å². The van der Waals surface area contributed by atoms with E-state index in [1.165, 1.54) is 6.07 Å². The van der Waals surface area contributed by atoms with E-state index in [-0.39, 0.29) is 12.3 Å². The molecule has 0 aliphatic heterocycles. The summed E-state index contributed by atoms with van der Waals surface area (Å²) in [7, 11) is 3.48. The molecule has 2 N–H and O–H groups in total. The number of hydrogen-bond acceptors (Lipinski definition) is 3. The molecule has 130 valence electrons. The molecule has 0 radical (unpaired) electrons. The number of alkyl halides is 2. The third-order valence-corrected chi connectivity index (χ3v) is 3.76. The number of aliphatic imine (C=N–C) groups is 1. The van der Waals surface area contributed by atoms with Crippen molar-refractivity contribution in [3.05, 3.63) is 46.2 Å². The highest BCUT2D eigenvalue weighted by molar-refractivity contribution is 9.10. The lowest BCUT2D eigenvalue weighted by Gasteiger charge is -2.15. The topological polar surface area (TPSA) is 63.5 Å². The first-order valence-corrected chi connectivity index (χ1v) is 7.93. The number of rotatable bonds is 6. The summed E-state index contributed by atoms with van der Waals surface area (Å²) >= 11 is 3.33. The zero-order valence-electron chi connectivity index (χ0n) is 13.3. The normalized spacial score (nSPS) is 11.7. The molecule has 0 bridgehead atoms. The number of halogens is 3. The van der Waals surface area contributed by atoms with Gasteiger partial charge in [-0.3, -0.25) is 9.67 Å². The number of ether oxygens (including phenoxy) is 1. The molecular formula is C15H18BrF2N5O. The molecule has 0 spiro atoms. The van der Waals surface area contributed by atoms with Crippen molar-refractivity contribution in [1.29, 1.82) is 0 Å². The number of nitrogens with zero attached hydrogens (tertiary/aromatic N) is 3. The fraction of sp³-hybridized carbons (Fsp3) is 0.333. The van der Waals surface area contributed by atoms with E-state index in [1.54, 1.807) is 30.1 Å². The molecule has 2 aromatic rings. The Bertz CT molecular complexity index is 705. The first-order valence-electron chi connectivity index (χ1n) is 7.14. The van der Waals surface area contributed by atoms with Crippen molar-refractivity contribution >= 4 is 21.9 Å². The van der Waals surface area contributed by atoms with Gasteiger partial charge < -0.3 is 15.4 Å². The van der Waals surface area contributed by atoms with Gasteiger partial charge in [-0.15, -0.1) is 0 Å². The van der Waals surface area contributed by atoms with E-state index < -0.39 is 6.61 Å². The molecule has 1 aromatic carbocycles. The van der Waals surface area contributed by atoms with Crippen LogP contribution in [0.4, 0.5) is 8.78 Å². The van der Waals surface area contributed by atoms with Gasteiger partial charge in [0.1, 0.15) is 5.75 Å². The highest BCUT2D eigenvalue weighted by atomic mass is 79.9. The maximum atomic E-state index is 12.5. The van der Waals surface area contributed by atoms with Gasteiger partial charge in [0, 0.05) is 36.9 Å². The predicted octanol–water partition coefficient (Wildman–Crippen LogP) is 2.65. The monoisotopic (exact) mass is 401 g/mol. The van der Waals surface area contributed by atoms with Crippen molar-refractivity contribution < 1.29 is 13.5 Å². The fourth-order valence-corrected chi connectivity index (χ4v) is 2.45. The van der Waals surface area contributed by atoms with Crippen LogP contribution in [-0.4, -0.2) is 29.4 Å². The molecule has 0 saturated heterocycles. The summed E-state index contributed by atoms with van der Waals surface area (Å²) in [4.78, 5) is 4.11. The minimum absolute atomic E-state index is 0.128. The van der Waals surface area contributed by atoms with E-state index in [0.717, 1.165) is 10.2 Å². The largest absolute Gasteiger partial charge is 0.434 e. The van der Waals surface area contributed by atoms with E-state index >= 15 is 0 Å². The first kappa shape index (κ1) is 18.2. The minimum atomic E-state index is -2.87. The van der Waals surface area contributed by atoms with Crippen molar-refractivity contribution in [1.82, 2.24) is 20.4 Å². The molecule has 2 rings (SSSR count). The van der Waals surface area contributed by atoms with Crippen LogP contribution in [0, 0.1) is 0 Å². The van der Waals surface area contributed by atoms with Crippen molar-refractivity contribution in [2.45, 2.75) is 19.7 Å². The Kier molecular flexibility index (Phi) is 6.53. The standard InChI is InChI=1S/C15H18BrF2N5O/c1-19-15(21-9-12-5-6-22-23(12)2)20-8-10-7-11(16)3-4-13(10)24-14(17)18/h3-7,14H,8-9H2,1-2H3,(H2,19,20,21). The Balaban J connectivity index is 1.97. The van der Waals surface area contributed by atoms with Crippen molar-refractivity contribution in [3.63, 3.8) is 0 Å². The summed E-state index contributed by atoms with van der Waals surface area (Å²) in [6.45, 7) is -2.05. The molecule has 0 aliphatic rings.